The van der Waals surface area contributed by atoms with Gasteiger partial charge in [-0.3, -0.25) is 0 Å². The molecule has 0 atom stereocenters. The second-order valence-corrected chi connectivity index (χ2v) is 8.18. The summed E-state index contributed by atoms with van der Waals surface area (Å²) in [5.41, 5.74) is 4.27. The number of H-pyrrole nitrogens is 1. The van der Waals surface area contributed by atoms with E-state index in [1.807, 2.05) is 43.4 Å². The Morgan fingerprint density at radius 1 is 0.895 bits per heavy atom. The first-order chi connectivity index (χ1) is 17.9. The van der Waals surface area contributed by atoms with Gasteiger partial charge >= 0.3 is 18.3 Å². The molecule has 4 N–H and O–H groups in total. The maximum Gasteiger partial charge on any atom is 0.490 e. The molecule has 0 aliphatic heterocycles. The third-order valence-corrected chi connectivity index (χ3v) is 5.33. The molecule has 1 heterocycles. The fourth-order valence-corrected chi connectivity index (χ4v) is 3.48. The molecule has 0 aliphatic rings. The monoisotopic (exact) mass is 538 g/mol. The number of hydrogen-bond acceptors (Lipinski definition) is 4. The third-order valence-electron chi connectivity index (χ3n) is 5.33. The molecule has 0 amide bonds. The van der Waals surface area contributed by atoms with E-state index >= 15 is 0 Å². The van der Waals surface area contributed by atoms with Gasteiger partial charge in [0.2, 0.25) is 0 Å². The van der Waals surface area contributed by atoms with Gasteiger partial charge < -0.3 is 20.7 Å². The molecule has 3 aromatic carbocycles. The summed E-state index contributed by atoms with van der Waals surface area (Å²) >= 11 is 0. The minimum Gasteiger partial charge on any atom is -0.475 e. The second kappa shape index (κ2) is 12.1. The van der Waals surface area contributed by atoms with Crippen LogP contribution in [0.3, 0.4) is 0 Å². The van der Waals surface area contributed by atoms with E-state index in [4.69, 9.17) is 9.90 Å². The molecule has 0 aliphatic carbocycles. The molecule has 12 heteroatoms. The Morgan fingerprint density at radius 2 is 1.53 bits per heavy atom. The number of hydrogen-bond donors (Lipinski definition) is 4. The van der Waals surface area contributed by atoms with Crippen molar-refractivity contribution in [2.75, 3.05) is 20.1 Å². The molecular formula is C26H24F6N4O2. The number of aliphatic carboxylic acids is 1. The van der Waals surface area contributed by atoms with Gasteiger partial charge in [-0.15, -0.1) is 0 Å². The van der Waals surface area contributed by atoms with Gasteiger partial charge in [-0.25, -0.2) is 9.78 Å². The predicted octanol–water partition coefficient (Wildman–Crippen LogP) is 5.86. The molecule has 0 fully saturated rings. The Hall–Kier alpha value is -3.90. The average molecular weight is 538 g/mol. The quantitative estimate of drug-likeness (QED) is 0.175. The van der Waals surface area contributed by atoms with Crippen LogP contribution in [0.2, 0.25) is 0 Å². The van der Waals surface area contributed by atoms with Gasteiger partial charge in [0.25, 0.3) is 0 Å². The number of carboxylic acids is 1. The number of benzene rings is 3. The van der Waals surface area contributed by atoms with Crippen molar-refractivity contribution >= 4 is 17.0 Å². The van der Waals surface area contributed by atoms with Crippen LogP contribution in [0.25, 0.3) is 33.5 Å². The zero-order valence-corrected chi connectivity index (χ0v) is 20.0. The molecular weight excluding hydrogens is 514 g/mol. The van der Waals surface area contributed by atoms with E-state index in [0.717, 1.165) is 48.5 Å². The van der Waals surface area contributed by atoms with Crippen molar-refractivity contribution in [2.24, 2.45) is 0 Å². The SMILES string of the molecule is CNCCNCc1cccc(-c2cccc(-c3nc4ccc(C(F)(F)F)cc4[nH]3)c2)c1.O=C(O)C(F)(F)F. The van der Waals surface area contributed by atoms with Crippen LogP contribution in [0.4, 0.5) is 26.3 Å². The van der Waals surface area contributed by atoms with Crippen molar-refractivity contribution in [3.63, 3.8) is 0 Å². The maximum atomic E-state index is 13.0. The number of imidazole rings is 1. The van der Waals surface area contributed by atoms with E-state index in [0.29, 0.717) is 16.9 Å². The minimum atomic E-state index is -5.08. The maximum absolute atomic E-state index is 13.0. The molecule has 4 aromatic rings. The summed E-state index contributed by atoms with van der Waals surface area (Å²) in [4.78, 5) is 16.4. The van der Waals surface area contributed by atoms with Crippen molar-refractivity contribution in [1.29, 1.82) is 0 Å². The molecule has 0 spiro atoms. The lowest BCUT2D eigenvalue weighted by Crippen LogP contribution is -2.24. The Balaban J connectivity index is 0.000000505. The zero-order chi connectivity index (χ0) is 27.9. The van der Waals surface area contributed by atoms with Crippen LogP contribution >= 0.6 is 0 Å². The van der Waals surface area contributed by atoms with Crippen LogP contribution in [0.15, 0.2) is 66.7 Å². The van der Waals surface area contributed by atoms with Crippen molar-refractivity contribution in [3.8, 4) is 22.5 Å². The van der Waals surface area contributed by atoms with E-state index in [9.17, 15) is 26.3 Å². The van der Waals surface area contributed by atoms with Crippen LogP contribution < -0.4 is 10.6 Å². The molecule has 0 saturated heterocycles. The van der Waals surface area contributed by atoms with E-state index < -0.39 is 23.9 Å². The first kappa shape index (κ1) is 28.7. The van der Waals surface area contributed by atoms with Crippen molar-refractivity contribution in [2.45, 2.75) is 18.9 Å². The standard InChI is InChI=1S/C24H23F3N4.C2HF3O2/c1-28-10-11-29-15-16-4-2-5-17(12-16)18-6-3-7-19(13-18)23-30-21-9-8-20(24(25,26)27)14-22(21)31-23;3-2(4,5)1(6)7/h2-9,12-14,28-29H,10-11,15H2,1H3,(H,30,31);(H,6,7). The lowest BCUT2D eigenvalue weighted by molar-refractivity contribution is -0.192. The van der Waals surface area contributed by atoms with Crippen LogP contribution in [0, 0.1) is 0 Å². The molecule has 38 heavy (non-hydrogen) atoms. The number of fused-ring (bicyclic) bond motifs is 1. The van der Waals surface area contributed by atoms with Gasteiger partial charge in [0, 0.05) is 25.2 Å². The molecule has 4 rings (SSSR count). The van der Waals surface area contributed by atoms with E-state index in [2.05, 4.69) is 32.7 Å². The number of nitrogens with zero attached hydrogens (tertiary/aromatic N) is 1. The number of halogens is 6. The average Bonchev–Trinajstić information content (AvgIpc) is 3.30. The number of carbonyl (C=O) groups is 1. The van der Waals surface area contributed by atoms with Crippen LogP contribution in [-0.4, -0.2) is 47.4 Å². The van der Waals surface area contributed by atoms with Crippen LogP contribution in [-0.2, 0) is 17.5 Å². The fraction of sp³-hybridized carbons (Fsp3) is 0.231. The molecule has 0 saturated carbocycles. The number of nitrogens with one attached hydrogen (secondary N) is 3. The van der Waals surface area contributed by atoms with E-state index in [-0.39, 0.29) is 0 Å². The van der Waals surface area contributed by atoms with E-state index in [1.165, 1.54) is 11.6 Å². The van der Waals surface area contributed by atoms with Crippen molar-refractivity contribution in [1.82, 2.24) is 20.6 Å². The van der Waals surface area contributed by atoms with Gasteiger partial charge in [-0.1, -0.05) is 36.4 Å². The lowest BCUT2D eigenvalue weighted by atomic mass is 10.0. The van der Waals surface area contributed by atoms with Crippen molar-refractivity contribution < 1.29 is 36.2 Å². The highest BCUT2D eigenvalue weighted by atomic mass is 19.4. The molecule has 202 valence electrons. The molecule has 6 nitrogen and oxygen atoms in total. The van der Waals surface area contributed by atoms with Gasteiger partial charge in [0.1, 0.15) is 5.82 Å². The summed E-state index contributed by atoms with van der Waals surface area (Å²) in [6, 6.07) is 19.7. The van der Waals surface area contributed by atoms with E-state index in [1.54, 1.807) is 0 Å². The fourth-order valence-electron chi connectivity index (χ4n) is 3.48. The highest BCUT2D eigenvalue weighted by Gasteiger charge is 2.38. The first-order valence-corrected chi connectivity index (χ1v) is 11.3. The Labute approximate surface area is 213 Å². The third kappa shape index (κ3) is 7.80. The smallest absolute Gasteiger partial charge is 0.475 e. The number of likely N-dealkylation sites (N-methyl/N-ethyl adjacent to an activating group) is 1. The first-order valence-electron chi connectivity index (χ1n) is 11.3. The summed E-state index contributed by atoms with van der Waals surface area (Å²) in [6.07, 6.45) is -9.47. The highest BCUT2D eigenvalue weighted by molar-refractivity contribution is 5.81. The van der Waals surface area contributed by atoms with Crippen LogP contribution in [0.5, 0.6) is 0 Å². The molecule has 0 radical (unpaired) electrons. The topological polar surface area (TPSA) is 90.0 Å². The zero-order valence-electron chi connectivity index (χ0n) is 20.0. The lowest BCUT2D eigenvalue weighted by Gasteiger charge is -2.08. The summed E-state index contributed by atoms with van der Waals surface area (Å²) in [6.45, 7) is 2.57. The van der Waals surface area contributed by atoms with Gasteiger partial charge in [0.05, 0.1) is 16.6 Å². The number of aromatic amines is 1. The second-order valence-electron chi connectivity index (χ2n) is 8.18. The normalized spacial score (nSPS) is 11.8. The highest BCUT2D eigenvalue weighted by Crippen LogP contribution is 2.32. The molecule has 1 aromatic heterocycles. The van der Waals surface area contributed by atoms with Gasteiger partial charge in [0.15, 0.2) is 0 Å². The predicted molar refractivity (Wildman–Crippen MR) is 131 cm³/mol. The van der Waals surface area contributed by atoms with Crippen molar-refractivity contribution in [3.05, 3.63) is 77.9 Å². The summed E-state index contributed by atoms with van der Waals surface area (Å²) in [7, 11) is 1.92. The Kier molecular flexibility index (Phi) is 9.13. The summed E-state index contributed by atoms with van der Waals surface area (Å²) in [5.74, 6) is -2.21. The number of rotatable bonds is 7. The molecule has 0 unspecified atom stereocenters. The number of aromatic nitrogens is 2. The largest absolute Gasteiger partial charge is 0.490 e. The Morgan fingerprint density at radius 3 is 2.16 bits per heavy atom. The summed E-state index contributed by atoms with van der Waals surface area (Å²) < 4.78 is 70.7. The Bertz CT molecular complexity index is 1380. The van der Waals surface area contributed by atoms with Gasteiger partial charge in [-0.05, 0) is 54.1 Å². The number of carboxylic acid groups (broad SMARTS) is 1. The minimum absolute atomic E-state index is 0.366. The summed E-state index contributed by atoms with van der Waals surface area (Å²) in [5, 5.41) is 13.6. The number of alkyl halides is 6. The van der Waals surface area contributed by atoms with Gasteiger partial charge in [-0.2, -0.15) is 26.3 Å². The molecule has 0 bridgehead atoms. The van der Waals surface area contributed by atoms with Crippen LogP contribution in [0.1, 0.15) is 11.1 Å².